The van der Waals surface area contributed by atoms with Gasteiger partial charge in [-0.05, 0) is 36.7 Å². The number of halogens is 1. The van der Waals surface area contributed by atoms with Gasteiger partial charge in [0.05, 0.1) is 11.3 Å². The summed E-state index contributed by atoms with van der Waals surface area (Å²) in [6.07, 6.45) is 0. The highest BCUT2D eigenvalue weighted by Crippen LogP contribution is 2.38. The van der Waals surface area contributed by atoms with Crippen LogP contribution in [-0.4, -0.2) is 31.3 Å². The maximum Gasteiger partial charge on any atom is 0.250 e. The zero-order valence-electron chi connectivity index (χ0n) is 11.8. The standard InChI is InChI=1S/C14H18BrNO4/c1-14(2,3)20-8-13(17)16-10-7-12-11(6-9(10)15)18-4-5-19-12/h6-7H,4-5,8H2,1-3H3,(H,16,17). The highest BCUT2D eigenvalue weighted by atomic mass is 79.9. The van der Waals surface area contributed by atoms with Crippen LogP contribution in [0.3, 0.4) is 0 Å². The topological polar surface area (TPSA) is 56.8 Å². The van der Waals surface area contributed by atoms with Crippen molar-refractivity contribution in [1.29, 1.82) is 0 Å². The smallest absolute Gasteiger partial charge is 0.250 e. The van der Waals surface area contributed by atoms with E-state index in [-0.39, 0.29) is 18.1 Å². The van der Waals surface area contributed by atoms with E-state index in [0.29, 0.717) is 30.4 Å². The molecule has 1 aromatic carbocycles. The molecule has 0 fully saturated rings. The van der Waals surface area contributed by atoms with Crippen molar-refractivity contribution in [3.63, 3.8) is 0 Å². The van der Waals surface area contributed by atoms with Gasteiger partial charge in [-0.25, -0.2) is 0 Å². The van der Waals surface area contributed by atoms with Crippen molar-refractivity contribution in [3.05, 3.63) is 16.6 Å². The van der Waals surface area contributed by atoms with Crippen molar-refractivity contribution in [2.45, 2.75) is 26.4 Å². The molecule has 0 bridgehead atoms. The van der Waals surface area contributed by atoms with E-state index in [2.05, 4.69) is 21.2 Å². The number of rotatable bonds is 3. The second-order valence-corrected chi connectivity index (χ2v) is 6.28. The fourth-order valence-corrected chi connectivity index (χ4v) is 2.05. The minimum absolute atomic E-state index is 0.00435. The van der Waals surface area contributed by atoms with Gasteiger partial charge in [0, 0.05) is 16.6 Å². The van der Waals surface area contributed by atoms with E-state index in [1.807, 2.05) is 20.8 Å². The molecule has 5 nitrogen and oxygen atoms in total. The molecular weight excluding hydrogens is 326 g/mol. The zero-order valence-corrected chi connectivity index (χ0v) is 13.4. The van der Waals surface area contributed by atoms with Crippen molar-refractivity contribution in [1.82, 2.24) is 0 Å². The van der Waals surface area contributed by atoms with E-state index in [0.717, 1.165) is 4.47 Å². The van der Waals surface area contributed by atoms with Gasteiger partial charge < -0.3 is 19.5 Å². The lowest BCUT2D eigenvalue weighted by atomic mass is 10.2. The normalized spacial score (nSPS) is 14.0. The second-order valence-electron chi connectivity index (χ2n) is 5.42. The van der Waals surface area contributed by atoms with Crippen molar-refractivity contribution in [2.75, 3.05) is 25.1 Å². The third-order valence-electron chi connectivity index (χ3n) is 2.54. The largest absolute Gasteiger partial charge is 0.486 e. The van der Waals surface area contributed by atoms with Crippen molar-refractivity contribution < 1.29 is 19.0 Å². The van der Waals surface area contributed by atoms with Gasteiger partial charge in [0.1, 0.15) is 19.8 Å². The molecule has 0 aliphatic carbocycles. The van der Waals surface area contributed by atoms with Gasteiger partial charge >= 0.3 is 0 Å². The summed E-state index contributed by atoms with van der Waals surface area (Å²) in [4.78, 5) is 11.9. The Morgan fingerprint density at radius 1 is 1.30 bits per heavy atom. The SMILES string of the molecule is CC(C)(C)OCC(=O)Nc1cc2c(cc1Br)OCCO2. The van der Waals surface area contributed by atoms with Crippen LogP contribution in [-0.2, 0) is 9.53 Å². The molecule has 2 rings (SSSR count). The van der Waals surface area contributed by atoms with Crippen LogP contribution in [0, 0.1) is 0 Å². The first-order valence-electron chi connectivity index (χ1n) is 6.38. The number of benzene rings is 1. The predicted octanol–water partition coefficient (Wildman–Crippen LogP) is 2.97. The molecule has 6 heteroatoms. The molecule has 0 aromatic heterocycles. The Bertz CT molecular complexity index is 511. The number of hydrogen-bond donors (Lipinski definition) is 1. The summed E-state index contributed by atoms with van der Waals surface area (Å²) >= 11 is 3.40. The Kier molecular flexibility index (Phi) is 4.55. The van der Waals surface area contributed by atoms with Gasteiger partial charge in [-0.1, -0.05) is 0 Å². The number of carbonyl (C=O) groups excluding carboxylic acids is 1. The summed E-state index contributed by atoms with van der Waals surface area (Å²) in [5, 5.41) is 2.79. The molecule has 20 heavy (non-hydrogen) atoms. The number of nitrogens with one attached hydrogen (secondary N) is 1. The van der Waals surface area contributed by atoms with E-state index in [9.17, 15) is 4.79 Å². The lowest BCUT2D eigenvalue weighted by molar-refractivity contribution is -0.125. The van der Waals surface area contributed by atoms with Crippen molar-refractivity contribution in [3.8, 4) is 11.5 Å². The van der Waals surface area contributed by atoms with Crippen LogP contribution in [0.15, 0.2) is 16.6 Å². The number of amides is 1. The summed E-state index contributed by atoms with van der Waals surface area (Å²) in [5.41, 5.74) is 0.290. The van der Waals surface area contributed by atoms with E-state index in [1.54, 1.807) is 12.1 Å². The number of fused-ring (bicyclic) bond motifs is 1. The van der Waals surface area contributed by atoms with Crippen LogP contribution in [0.4, 0.5) is 5.69 Å². The van der Waals surface area contributed by atoms with Crippen LogP contribution < -0.4 is 14.8 Å². The zero-order chi connectivity index (χ0) is 14.8. The Morgan fingerprint density at radius 3 is 2.50 bits per heavy atom. The lowest BCUT2D eigenvalue weighted by Gasteiger charge is -2.21. The van der Waals surface area contributed by atoms with Gasteiger partial charge in [-0.15, -0.1) is 0 Å². The van der Waals surface area contributed by atoms with Crippen molar-refractivity contribution >= 4 is 27.5 Å². The summed E-state index contributed by atoms with van der Waals surface area (Å²) in [5.74, 6) is 1.09. The summed E-state index contributed by atoms with van der Waals surface area (Å²) in [6.45, 7) is 6.75. The van der Waals surface area contributed by atoms with Crippen LogP contribution >= 0.6 is 15.9 Å². The minimum atomic E-state index is -0.346. The van der Waals surface area contributed by atoms with E-state index >= 15 is 0 Å². The molecule has 0 unspecified atom stereocenters. The predicted molar refractivity (Wildman–Crippen MR) is 79.5 cm³/mol. The molecule has 1 heterocycles. The van der Waals surface area contributed by atoms with Crippen LogP contribution in [0.2, 0.25) is 0 Å². The van der Waals surface area contributed by atoms with Gasteiger partial charge in [0.25, 0.3) is 0 Å². The van der Waals surface area contributed by atoms with Crippen LogP contribution in [0.5, 0.6) is 11.5 Å². The molecule has 0 saturated carbocycles. The Balaban J connectivity index is 2.04. The Hall–Kier alpha value is -1.27. The van der Waals surface area contributed by atoms with E-state index < -0.39 is 0 Å². The molecular formula is C14H18BrNO4. The minimum Gasteiger partial charge on any atom is -0.486 e. The van der Waals surface area contributed by atoms with Gasteiger partial charge in [0.2, 0.25) is 5.91 Å². The number of carbonyl (C=O) groups is 1. The average Bonchev–Trinajstić information content (AvgIpc) is 2.36. The maximum absolute atomic E-state index is 11.9. The summed E-state index contributed by atoms with van der Waals surface area (Å²) in [7, 11) is 0. The monoisotopic (exact) mass is 343 g/mol. The quantitative estimate of drug-likeness (QED) is 0.916. The molecule has 0 atom stereocenters. The fraction of sp³-hybridized carbons (Fsp3) is 0.500. The molecule has 1 N–H and O–H groups in total. The van der Waals surface area contributed by atoms with Crippen LogP contribution in [0.25, 0.3) is 0 Å². The average molecular weight is 344 g/mol. The molecule has 110 valence electrons. The van der Waals surface area contributed by atoms with E-state index in [1.165, 1.54) is 0 Å². The molecule has 1 aromatic rings. The molecule has 0 radical (unpaired) electrons. The van der Waals surface area contributed by atoms with Crippen LogP contribution in [0.1, 0.15) is 20.8 Å². The number of anilines is 1. The van der Waals surface area contributed by atoms with Gasteiger partial charge in [0.15, 0.2) is 11.5 Å². The van der Waals surface area contributed by atoms with Crippen molar-refractivity contribution in [2.24, 2.45) is 0 Å². The third kappa shape index (κ3) is 4.11. The molecule has 1 aliphatic rings. The molecule has 1 aliphatic heterocycles. The Labute approximate surface area is 126 Å². The fourth-order valence-electron chi connectivity index (χ4n) is 1.63. The highest BCUT2D eigenvalue weighted by molar-refractivity contribution is 9.10. The maximum atomic E-state index is 11.9. The summed E-state index contributed by atoms with van der Waals surface area (Å²) < 4.78 is 17.1. The second kappa shape index (κ2) is 6.01. The first kappa shape index (κ1) is 15.1. The highest BCUT2D eigenvalue weighted by Gasteiger charge is 2.17. The van der Waals surface area contributed by atoms with E-state index in [4.69, 9.17) is 14.2 Å². The third-order valence-corrected chi connectivity index (χ3v) is 3.20. The number of ether oxygens (including phenoxy) is 3. The molecule has 0 spiro atoms. The van der Waals surface area contributed by atoms with Gasteiger partial charge in [-0.3, -0.25) is 4.79 Å². The first-order valence-corrected chi connectivity index (χ1v) is 7.17. The molecule has 1 amide bonds. The first-order chi connectivity index (χ1) is 9.35. The van der Waals surface area contributed by atoms with Gasteiger partial charge in [-0.2, -0.15) is 0 Å². The summed E-state index contributed by atoms with van der Waals surface area (Å²) in [6, 6.07) is 3.53. The number of hydrogen-bond acceptors (Lipinski definition) is 4. The lowest BCUT2D eigenvalue weighted by Crippen LogP contribution is -2.27. The Morgan fingerprint density at radius 2 is 1.90 bits per heavy atom. The molecule has 0 saturated heterocycles.